The van der Waals surface area contributed by atoms with Crippen molar-refractivity contribution in [1.82, 2.24) is 14.7 Å². The molecule has 0 aromatic carbocycles. The summed E-state index contributed by atoms with van der Waals surface area (Å²) in [5, 5.41) is 0. The smallest absolute Gasteiger partial charge is 0.0121 e. The lowest BCUT2D eigenvalue weighted by molar-refractivity contribution is 0.0491. The van der Waals surface area contributed by atoms with Crippen LogP contribution in [0.15, 0.2) is 0 Å². The van der Waals surface area contributed by atoms with Gasteiger partial charge in [-0.25, -0.2) is 0 Å². The van der Waals surface area contributed by atoms with Crippen molar-refractivity contribution in [1.29, 1.82) is 0 Å². The van der Waals surface area contributed by atoms with E-state index in [0.717, 1.165) is 19.1 Å². The molecule has 18 heavy (non-hydrogen) atoms. The molecule has 0 aromatic heterocycles. The Morgan fingerprint density at radius 2 is 1.61 bits per heavy atom. The van der Waals surface area contributed by atoms with Crippen molar-refractivity contribution < 1.29 is 0 Å². The molecule has 0 bridgehead atoms. The van der Waals surface area contributed by atoms with E-state index in [1.165, 1.54) is 52.1 Å². The van der Waals surface area contributed by atoms with Gasteiger partial charge in [0.2, 0.25) is 0 Å². The standard InChI is InChI=1S/C14H30N4/c1-13(2)17-9-11-18(12-10-17)14-3-6-16(7-4-14)8-5-15/h13-14H,3-12,15H2,1-2H3. The maximum atomic E-state index is 5.62. The number of piperazine rings is 1. The largest absolute Gasteiger partial charge is 0.329 e. The van der Waals surface area contributed by atoms with Crippen LogP contribution < -0.4 is 5.73 Å². The van der Waals surface area contributed by atoms with Gasteiger partial charge < -0.3 is 10.6 Å². The van der Waals surface area contributed by atoms with E-state index in [1.807, 2.05) is 0 Å². The minimum Gasteiger partial charge on any atom is -0.329 e. The first-order valence-corrected chi connectivity index (χ1v) is 7.61. The molecule has 0 unspecified atom stereocenters. The molecule has 0 saturated carbocycles. The molecule has 2 saturated heterocycles. The molecule has 106 valence electrons. The fourth-order valence-corrected chi connectivity index (χ4v) is 3.31. The van der Waals surface area contributed by atoms with E-state index < -0.39 is 0 Å². The van der Waals surface area contributed by atoms with E-state index in [4.69, 9.17) is 5.73 Å². The van der Waals surface area contributed by atoms with Crippen molar-refractivity contribution >= 4 is 0 Å². The van der Waals surface area contributed by atoms with Crippen molar-refractivity contribution in [2.75, 3.05) is 52.4 Å². The highest BCUT2D eigenvalue weighted by molar-refractivity contribution is 4.84. The van der Waals surface area contributed by atoms with Crippen LogP contribution in [-0.2, 0) is 0 Å². The summed E-state index contributed by atoms with van der Waals surface area (Å²) in [6, 6.07) is 1.53. The van der Waals surface area contributed by atoms with E-state index in [0.29, 0.717) is 6.04 Å². The second kappa shape index (κ2) is 6.85. The fraction of sp³-hybridized carbons (Fsp3) is 1.00. The summed E-state index contributed by atoms with van der Waals surface area (Å²) < 4.78 is 0. The Hall–Kier alpha value is -0.160. The second-order valence-corrected chi connectivity index (χ2v) is 6.03. The molecule has 2 rings (SSSR count). The van der Waals surface area contributed by atoms with Crippen LogP contribution in [0.1, 0.15) is 26.7 Å². The molecule has 4 heteroatoms. The molecule has 0 radical (unpaired) electrons. The van der Waals surface area contributed by atoms with Gasteiger partial charge in [0.15, 0.2) is 0 Å². The van der Waals surface area contributed by atoms with Gasteiger partial charge >= 0.3 is 0 Å². The van der Waals surface area contributed by atoms with Crippen molar-refractivity contribution in [3.63, 3.8) is 0 Å². The molecule has 2 aliphatic heterocycles. The molecule has 2 heterocycles. The number of hydrogen-bond donors (Lipinski definition) is 1. The summed E-state index contributed by atoms with van der Waals surface area (Å²) >= 11 is 0. The first-order valence-electron chi connectivity index (χ1n) is 7.61. The normalized spacial score (nSPS) is 26.0. The van der Waals surface area contributed by atoms with Gasteiger partial charge in [0, 0.05) is 51.4 Å². The first-order chi connectivity index (χ1) is 8.70. The van der Waals surface area contributed by atoms with Crippen molar-refractivity contribution in [2.45, 2.75) is 38.8 Å². The molecular weight excluding hydrogens is 224 g/mol. The van der Waals surface area contributed by atoms with E-state index in [-0.39, 0.29) is 0 Å². The Kier molecular flexibility index (Phi) is 5.42. The van der Waals surface area contributed by atoms with Crippen molar-refractivity contribution in [2.24, 2.45) is 5.73 Å². The lowest BCUT2D eigenvalue weighted by Crippen LogP contribution is -2.54. The molecule has 4 nitrogen and oxygen atoms in total. The third-order valence-electron chi connectivity index (χ3n) is 4.60. The minimum absolute atomic E-state index is 0.707. The predicted octanol–water partition coefficient (Wildman–Crippen LogP) is 0.436. The van der Waals surface area contributed by atoms with Gasteiger partial charge in [0.1, 0.15) is 0 Å². The number of piperidine rings is 1. The maximum absolute atomic E-state index is 5.62. The summed E-state index contributed by atoms with van der Waals surface area (Å²) in [5.41, 5.74) is 5.62. The molecule has 2 N–H and O–H groups in total. The van der Waals surface area contributed by atoms with E-state index >= 15 is 0 Å². The van der Waals surface area contributed by atoms with Gasteiger partial charge in [0.25, 0.3) is 0 Å². The average Bonchev–Trinajstić information content (AvgIpc) is 2.40. The highest BCUT2D eigenvalue weighted by Crippen LogP contribution is 2.18. The summed E-state index contributed by atoms with van der Waals surface area (Å²) in [6.07, 6.45) is 2.67. The highest BCUT2D eigenvalue weighted by atomic mass is 15.3. The van der Waals surface area contributed by atoms with E-state index in [2.05, 4.69) is 28.5 Å². The Bertz CT molecular complexity index is 228. The topological polar surface area (TPSA) is 35.7 Å². The Balaban J connectivity index is 1.71. The second-order valence-electron chi connectivity index (χ2n) is 6.03. The first kappa shape index (κ1) is 14.3. The summed E-state index contributed by atoms with van der Waals surface area (Å²) in [7, 11) is 0. The van der Waals surface area contributed by atoms with Crippen LogP contribution in [0.25, 0.3) is 0 Å². The van der Waals surface area contributed by atoms with Gasteiger partial charge in [-0.2, -0.15) is 0 Å². The molecule has 0 aliphatic carbocycles. The van der Waals surface area contributed by atoms with Crippen LogP contribution in [0.5, 0.6) is 0 Å². The minimum atomic E-state index is 0.707. The Morgan fingerprint density at radius 3 is 2.11 bits per heavy atom. The van der Waals surface area contributed by atoms with Gasteiger partial charge in [-0.1, -0.05) is 0 Å². The van der Waals surface area contributed by atoms with Gasteiger partial charge in [0.05, 0.1) is 0 Å². The van der Waals surface area contributed by atoms with Crippen LogP contribution in [0.3, 0.4) is 0 Å². The number of nitrogens with two attached hydrogens (primary N) is 1. The molecule has 0 spiro atoms. The third-order valence-corrected chi connectivity index (χ3v) is 4.60. The Labute approximate surface area is 112 Å². The van der Waals surface area contributed by atoms with Crippen molar-refractivity contribution in [3.8, 4) is 0 Å². The highest BCUT2D eigenvalue weighted by Gasteiger charge is 2.27. The molecule has 0 atom stereocenters. The van der Waals surface area contributed by atoms with Crippen LogP contribution in [0, 0.1) is 0 Å². The predicted molar refractivity (Wildman–Crippen MR) is 76.8 cm³/mol. The van der Waals surface area contributed by atoms with E-state index in [1.54, 1.807) is 0 Å². The monoisotopic (exact) mass is 254 g/mol. The van der Waals surface area contributed by atoms with Gasteiger partial charge in [-0.3, -0.25) is 9.80 Å². The maximum Gasteiger partial charge on any atom is 0.0121 e. The molecule has 2 aliphatic rings. The zero-order chi connectivity index (χ0) is 13.0. The van der Waals surface area contributed by atoms with Crippen LogP contribution in [-0.4, -0.2) is 79.1 Å². The number of likely N-dealkylation sites (tertiary alicyclic amines) is 1. The quantitative estimate of drug-likeness (QED) is 0.789. The van der Waals surface area contributed by atoms with Crippen LogP contribution >= 0.6 is 0 Å². The molecule has 2 fully saturated rings. The summed E-state index contributed by atoms with van der Waals surface area (Å²) in [4.78, 5) is 7.83. The number of hydrogen-bond acceptors (Lipinski definition) is 4. The average molecular weight is 254 g/mol. The lowest BCUT2D eigenvalue weighted by Gasteiger charge is -2.43. The van der Waals surface area contributed by atoms with Crippen LogP contribution in [0.2, 0.25) is 0 Å². The lowest BCUT2D eigenvalue weighted by atomic mass is 10.0. The van der Waals surface area contributed by atoms with Gasteiger partial charge in [-0.05, 0) is 39.8 Å². The number of rotatable bonds is 4. The fourth-order valence-electron chi connectivity index (χ4n) is 3.31. The van der Waals surface area contributed by atoms with Crippen LogP contribution in [0.4, 0.5) is 0 Å². The summed E-state index contributed by atoms with van der Waals surface area (Å²) in [6.45, 7) is 14.0. The molecule has 0 amide bonds. The third kappa shape index (κ3) is 3.67. The molecule has 0 aromatic rings. The van der Waals surface area contributed by atoms with E-state index in [9.17, 15) is 0 Å². The number of nitrogens with zero attached hydrogens (tertiary/aromatic N) is 3. The zero-order valence-corrected chi connectivity index (χ0v) is 12.1. The SMILES string of the molecule is CC(C)N1CCN(C2CCN(CCN)CC2)CC1. The summed E-state index contributed by atoms with van der Waals surface area (Å²) in [5.74, 6) is 0. The molecular formula is C14H30N4. The Morgan fingerprint density at radius 1 is 1.00 bits per heavy atom. The van der Waals surface area contributed by atoms with Crippen molar-refractivity contribution in [3.05, 3.63) is 0 Å². The zero-order valence-electron chi connectivity index (χ0n) is 12.1. The van der Waals surface area contributed by atoms with Gasteiger partial charge in [-0.15, -0.1) is 0 Å².